The lowest BCUT2D eigenvalue weighted by atomic mass is 10.1. The maximum absolute atomic E-state index is 13.3. The number of nitrogens with zero attached hydrogens (tertiary/aromatic N) is 2. The Morgan fingerprint density at radius 1 is 1.10 bits per heavy atom. The van der Waals surface area contributed by atoms with Crippen molar-refractivity contribution >= 4 is 23.5 Å². The fourth-order valence-electron chi connectivity index (χ4n) is 3.50. The molecule has 2 aromatic carbocycles. The topological polar surface area (TPSA) is 46.9 Å². The Labute approximate surface area is 170 Å². The minimum absolute atomic E-state index is 0.410. The molecule has 3 aromatic rings. The molecule has 0 fully saturated rings. The van der Waals surface area contributed by atoms with Crippen LogP contribution in [0.4, 0.5) is 19.0 Å². The van der Waals surface area contributed by atoms with Crippen molar-refractivity contribution in [1.82, 2.24) is 9.78 Å². The molecule has 150 valence electrons. The Morgan fingerprint density at radius 2 is 1.79 bits per heavy atom. The molecule has 1 aliphatic heterocycles. The van der Waals surface area contributed by atoms with Crippen LogP contribution in [0.15, 0.2) is 42.5 Å². The Balaban J connectivity index is 1.78. The van der Waals surface area contributed by atoms with E-state index in [1.54, 1.807) is 16.4 Å². The molecule has 1 aliphatic rings. The fourth-order valence-corrected chi connectivity index (χ4v) is 4.54. The van der Waals surface area contributed by atoms with Gasteiger partial charge >= 0.3 is 6.18 Å². The molecular weight excluding hydrogens is 399 g/mol. The first-order valence-corrected chi connectivity index (χ1v) is 10.1. The van der Waals surface area contributed by atoms with Gasteiger partial charge in [-0.05, 0) is 49.2 Å². The van der Waals surface area contributed by atoms with E-state index in [2.05, 4.69) is 10.4 Å². The summed E-state index contributed by atoms with van der Waals surface area (Å²) in [6.45, 7) is 3.92. The van der Waals surface area contributed by atoms with Crippen LogP contribution in [0.2, 0.25) is 0 Å². The average molecular weight is 417 g/mol. The van der Waals surface area contributed by atoms with Gasteiger partial charge in [0.25, 0.3) is 5.91 Å². The number of anilines is 1. The van der Waals surface area contributed by atoms with E-state index in [9.17, 15) is 18.0 Å². The molecule has 0 saturated heterocycles. The number of aromatic nitrogens is 2. The van der Waals surface area contributed by atoms with Crippen LogP contribution in [0.1, 0.15) is 38.3 Å². The molecule has 0 atom stereocenters. The second kappa shape index (κ2) is 7.26. The van der Waals surface area contributed by atoms with Crippen LogP contribution in [0.5, 0.6) is 0 Å². The molecule has 0 saturated carbocycles. The minimum Gasteiger partial charge on any atom is -0.306 e. The molecule has 0 aliphatic carbocycles. The highest BCUT2D eigenvalue weighted by Gasteiger charge is 2.35. The molecule has 2 heterocycles. The predicted octanol–water partition coefficient (Wildman–Crippen LogP) is 5.51. The van der Waals surface area contributed by atoms with Gasteiger partial charge in [0.1, 0.15) is 5.82 Å². The Kier molecular flexibility index (Phi) is 4.90. The van der Waals surface area contributed by atoms with E-state index in [0.29, 0.717) is 17.3 Å². The van der Waals surface area contributed by atoms with Gasteiger partial charge in [0, 0.05) is 17.1 Å². The summed E-state index contributed by atoms with van der Waals surface area (Å²) in [6.07, 6.45) is -4.61. The van der Waals surface area contributed by atoms with E-state index in [4.69, 9.17) is 0 Å². The van der Waals surface area contributed by atoms with E-state index < -0.39 is 23.2 Å². The van der Waals surface area contributed by atoms with Crippen molar-refractivity contribution in [3.8, 4) is 5.69 Å². The minimum atomic E-state index is -4.61. The van der Waals surface area contributed by atoms with Crippen molar-refractivity contribution in [2.24, 2.45) is 0 Å². The number of alkyl halides is 3. The van der Waals surface area contributed by atoms with Crippen LogP contribution in [0, 0.1) is 13.8 Å². The number of aryl methyl sites for hydroxylation is 2. The van der Waals surface area contributed by atoms with Gasteiger partial charge in [-0.1, -0.05) is 18.2 Å². The molecule has 1 N–H and O–H groups in total. The normalized spacial score (nSPS) is 13.4. The highest BCUT2D eigenvalue weighted by Crippen LogP contribution is 2.37. The summed E-state index contributed by atoms with van der Waals surface area (Å²) in [5.41, 5.74) is 3.16. The average Bonchev–Trinajstić information content (AvgIpc) is 3.23. The van der Waals surface area contributed by atoms with Gasteiger partial charge in [-0.25, -0.2) is 4.68 Å². The molecule has 8 heteroatoms. The summed E-state index contributed by atoms with van der Waals surface area (Å²) >= 11 is 1.66. The van der Waals surface area contributed by atoms with Gasteiger partial charge in [0.05, 0.1) is 22.5 Å². The standard InChI is InChI=1S/C21H18F3N3OS/c1-12-7-13(2)9-14(8-12)27-19(16-10-29-11-18(16)26-27)25-20(28)15-5-3-4-6-17(15)21(22,23)24/h3-9H,10-11H2,1-2H3,(H,25,28). The van der Waals surface area contributed by atoms with Crippen molar-refractivity contribution < 1.29 is 18.0 Å². The number of benzene rings is 2. The van der Waals surface area contributed by atoms with Gasteiger partial charge in [-0.2, -0.15) is 30.0 Å². The Morgan fingerprint density at radius 3 is 2.48 bits per heavy atom. The van der Waals surface area contributed by atoms with Gasteiger partial charge < -0.3 is 5.32 Å². The van der Waals surface area contributed by atoms with Crippen molar-refractivity contribution in [3.63, 3.8) is 0 Å². The Hall–Kier alpha value is -2.74. The summed E-state index contributed by atoms with van der Waals surface area (Å²) in [7, 11) is 0. The third kappa shape index (κ3) is 3.76. The maximum Gasteiger partial charge on any atom is 0.417 e. The number of rotatable bonds is 3. The van der Waals surface area contributed by atoms with E-state index in [1.807, 2.05) is 32.0 Å². The molecule has 0 unspecified atom stereocenters. The van der Waals surface area contributed by atoms with Crippen LogP contribution in [-0.4, -0.2) is 15.7 Å². The predicted molar refractivity (Wildman–Crippen MR) is 107 cm³/mol. The number of carbonyl (C=O) groups is 1. The molecule has 1 amide bonds. The molecule has 0 spiro atoms. The second-order valence-corrected chi connectivity index (χ2v) is 8.01. The molecule has 0 radical (unpaired) electrons. The van der Waals surface area contributed by atoms with Crippen molar-refractivity contribution in [2.75, 3.05) is 5.32 Å². The van der Waals surface area contributed by atoms with Crippen LogP contribution in [0.25, 0.3) is 5.69 Å². The van der Waals surface area contributed by atoms with Crippen LogP contribution in [0.3, 0.4) is 0 Å². The largest absolute Gasteiger partial charge is 0.417 e. The quantitative estimate of drug-likeness (QED) is 0.612. The smallest absolute Gasteiger partial charge is 0.306 e. The molecule has 1 aromatic heterocycles. The lowest BCUT2D eigenvalue weighted by molar-refractivity contribution is -0.137. The summed E-state index contributed by atoms with van der Waals surface area (Å²) in [6, 6.07) is 10.7. The van der Waals surface area contributed by atoms with E-state index in [0.717, 1.165) is 34.1 Å². The summed E-state index contributed by atoms with van der Waals surface area (Å²) in [4.78, 5) is 12.8. The van der Waals surface area contributed by atoms with Crippen LogP contribution in [-0.2, 0) is 17.7 Å². The van der Waals surface area contributed by atoms with Gasteiger partial charge in [-0.15, -0.1) is 0 Å². The molecule has 0 bridgehead atoms. The van der Waals surface area contributed by atoms with E-state index in [1.165, 1.54) is 18.2 Å². The molecule has 29 heavy (non-hydrogen) atoms. The zero-order valence-electron chi connectivity index (χ0n) is 15.8. The first-order valence-electron chi connectivity index (χ1n) is 8.99. The zero-order chi connectivity index (χ0) is 20.8. The third-order valence-corrected chi connectivity index (χ3v) is 5.68. The van der Waals surface area contributed by atoms with Gasteiger partial charge in [0.2, 0.25) is 0 Å². The first kappa shape index (κ1) is 19.6. The monoisotopic (exact) mass is 417 g/mol. The van der Waals surface area contributed by atoms with Gasteiger partial charge in [-0.3, -0.25) is 4.79 Å². The summed E-state index contributed by atoms with van der Waals surface area (Å²) in [5, 5.41) is 7.33. The van der Waals surface area contributed by atoms with Crippen molar-refractivity contribution in [1.29, 1.82) is 0 Å². The van der Waals surface area contributed by atoms with Crippen LogP contribution >= 0.6 is 11.8 Å². The Bertz CT molecular complexity index is 1080. The number of thioether (sulfide) groups is 1. The lowest BCUT2D eigenvalue weighted by Crippen LogP contribution is -2.20. The molecule has 4 nitrogen and oxygen atoms in total. The van der Waals surface area contributed by atoms with Crippen LogP contribution < -0.4 is 5.32 Å². The highest BCUT2D eigenvalue weighted by molar-refractivity contribution is 7.98. The van der Waals surface area contributed by atoms with Crippen molar-refractivity contribution in [3.05, 3.63) is 76.0 Å². The number of nitrogens with one attached hydrogen (secondary N) is 1. The highest BCUT2D eigenvalue weighted by atomic mass is 32.2. The second-order valence-electron chi connectivity index (χ2n) is 7.02. The number of amides is 1. The van der Waals surface area contributed by atoms with E-state index >= 15 is 0 Å². The summed E-state index contributed by atoms with van der Waals surface area (Å²) in [5.74, 6) is 0.978. The number of carbonyl (C=O) groups excluding carboxylic acids is 1. The van der Waals surface area contributed by atoms with Gasteiger partial charge in [0.15, 0.2) is 0 Å². The summed E-state index contributed by atoms with van der Waals surface area (Å²) < 4.78 is 41.6. The SMILES string of the molecule is Cc1cc(C)cc(-n2nc3c(c2NC(=O)c2ccccc2C(F)(F)F)CSC3)c1. The third-order valence-electron chi connectivity index (χ3n) is 4.71. The number of halogens is 3. The number of hydrogen-bond acceptors (Lipinski definition) is 3. The molecule has 4 rings (SSSR count). The number of hydrogen-bond donors (Lipinski definition) is 1. The zero-order valence-corrected chi connectivity index (χ0v) is 16.6. The maximum atomic E-state index is 13.3. The van der Waals surface area contributed by atoms with E-state index in [-0.39, 0.29) is 0 Å². The van der Waals surface area contributed by atoms with Crippen molar-refractivity contribution in [2.45, 2.75) is 31.5 Å². The number of fused-ring (bicyclic) bond motifs is 1. The first-order chi connectivity index (χ1) is 13.7. The lowest BCUT2D eigenvalue weighted by Gasteiger charge is -2.15. The molecular formula is C21H18F3N3OS. The fraction of sp³-hybridized carbons (Fsp3) is 0.238.